The van der Waals surface area contributed by atoms with Crippen LogP contribution in [0.1, 0.15) is 32.3 Å². The number of carbonyl (C=O) groups excluding carboxylic acids is 1. The third-order valence-electron chi connectivity index (χ3n) is 2.82. The minimum absolute atomic E-state index is 0.0178. The van der Waals surface area contributed by atoms with Crippen LogP contribution in [0.25, 0.3) is 0 Å². The van der Waals surface area contributed by atoms with Gasteiger partial charge < -0.3 is 10.6 Å². The van der Waals surface area contributed by atoms with Crippen LogP contribution in [0.2, 0.25) is 0 Å². The maximum absolute atomic E-state index is 11.7. The van der Waals surface area contributed by atoms with E-state index in [9.17, 15) is 14.9 Å². The number of nitrogens with one attached hydrogen (secondary N) is 2. The average molecular weight is 279 g/mol. The Hall–Kier alpha value is -1.95. The van der Waals surface area contributed by atoms with E-state index < -0.39 is 4.92 Å². The van der Waals surface area contributed by atoms with Gasteiger partial charge in [-0.05, 0) is 26.0 Å². The molecule has 0 spiro atoms. The Kier molecular flexibility index (Phi) is 6.11. The summed E-state index contributed by atoms with van der Waals surface area (Å²) in [6.07, 6.45) is 1.12. The first-order valence-corrected chi connectivity index (χ1v) is 6.68. The molecule has 0 unspecified atom stereocenters. The van der Waals surface area contributed by atoms with Gasteiger partial charge in [0.15, 0.2) is 0 Å². The van der Waals surface area contributed by atoms with Crippen LogP contribution < -0.4 is 10.6 Å². The lowest BCUT2D eigenvalue weighted by molar-refractivity contribution is -0.385. The SMILES string of the molecule is Cc1ccc(NC(=O)CCCNC(C)C)cc1[N+](=O)[O-]. The van der Waals surface area contributed by atoms with Crippen molar-refractivity contribution in [1.29, 1.82) is 0 Å². The van der Waals surface area contributed by atoms with Crippen LogP contribution in [0.15, 0.2) is 18.2 Å². The molecule has 0 aromatic heterocycles. The van der Waals surface area contributed by atoms with Gasteiger partial charge in [-0.1, -0.05) is 19.9 Å². The van der Waals surface area contributed by atoms with Gasteiger partial charge in [-0.3, -0.25) is 14.9 Å². The molecular formula is C14H21N3O3. The number of nitrogens with zero attached hydrogens (tertiary/aromatic N) is 1. The second-order valence-electron chi connectivity index (χ2n) is 5.02. The molecular weight excluding hydrogens is 258 g/mol. The van der Waals surface area contributed by atoms with E-state index in [-0.39, 0.29) is 11.6 Å². The minimum atomic E-state index is -0.447. The van der Waals surface area contributed by atoms with Crippen molar-refractivity contribution in [3.05, 3.63) is 33.9 Å². The lowest BCUT2D eigenvalue weighted by Gasteiger charge is -2.08. The molecule has 0 aliphatic carbocycles. The van der Waals surface area contributed by atoms with Crippen LogP contribution in [0, 0.1) is 17.0 Å². The van der Waals surface area contributed by atoms with Crippen LogP contribution in [-0.4, -0.2) is 23.4 Å². The van der Waals surface area contributed by atoms with Gasteiger partial charge in [-0.15, -0.1) is 0 Å². The molecule has 20 heavy (non-hydrogen) atoms. The van der Waals surface area contributed by atoms with Gasteiger partial charge in [0.2, 0.25) is 5.91 Å². The highest BCUT2D eigenvalue weighted by Gasteiger charge is 2.12. The van der Waals surface area contributed by atoms with E-state index in [0.717, 1.165) is 13.0 Å². The van der Waals surface area contributed by atoms with E-state index in [1.807, 2.05) is 13.8 Å². The number of carbonyl (C=O) groups is 1. The molecule has 0 saturated heterocycles. The van der Waals surface area contributed by atoms with Crippen molar-refractivity contribution in [3.63, 3.8) is 0 Å². The maximum atomic E-state index is 11.7. The summed E-state index contributed by atoms with van der Waals surface area (Å²) in [4.78, 5) is 22.1. The third kappa shape index (κ3) is 5.36. The van der Waals surface area contributed by atoms with Crippen molar-refractivity contribution in [1.82, 2.24) is 5.32 Å². The molecule has 6 heteroatoms. The smallest absolute Gasteiger partial charge is 0.274 e. The fourth-order valence-corrected chi connectivity index (χ4v) is 1.75. The zero-order chi connectivity index (χ0) is 15.1. The molecule has 0 fully saturated rings. The molecule has 2 N–H and O–H groups in total. The Balaban J connectivity index is 2.50. The lowest BCUT2D eigenvalue weighted by Crippen LogP contribution is -2.24. The molecule has 1 aromatic rings. The van der Waals surface area contributed by atoms with Gasteiger partial charge in [-0.25, -0.2) is 0 Å². The molecule has 0 aliphatic heterocycles. The number of rotatable bonds is 7. The number of nitro groups is 1. The number of nitro benzene ring substituents is 1. The lowest BCUT2D eigenvalue weighted by atomic mass is 10.2. The van der Waals surface area contributed by atoms with Crippen molar-refractivity contribution in [2.75, 3.05) is 11.9 Å². The third-order valence-corrected chi connectivity index (χ3v) is 2.82. The number of hydrogen-bond donors (Lipinski definition) is 2. The minimum Gasteiger partial charge on any atom is -0.326 e. The fourth-order valence-electron chi connectivity index (χ4n) is 1.75. The first kappa shape index (κ1) is 16.1. The molecule has 0 aliphatic rings. The standard InChI is InChI=1S/C14H21N3O3/c1-10(2)15-8-4-5-14(18)16-12-7-6-11(3)13(9-12)17(19)20/h6-7,9-10,15H,4-5,8H2,1-3H3,(H,16,18). The van der Waals surface area contributed by atoms with E-state index >= 15 is 0 Å². The molecule has 0 atom stereocenters. The number of aryl methyl sites for hydroxylation is 1. The fraction of sp³-hybridized carbons (Fsp3) is 0.500. The summed E-state index contributed by atoms with van der Waals surface area (Å²) in [6.45, 7) is 6.54. The van der Waals surface area contributed by atoms with E-state index in [0.29, 0.717) is 23.7 Å². The Morgan fingerprint density at radius 1 is 1.40 bits per heavy atom. The zero-order valence-electron chi connectivity index (χ0n) is 12.1. The number of amides is 1. The second kappa shape index (κ2) is 7.59. The van der Waals surface area contributed by atoms with E-state index in [1.54, 1.807) is 19.1 Å². The Morgan fingerprint density at radius 3 is 2.70 bits per heavy atom. The molecule has 0 saturated carbocycles. The van der Waals surface area contributed by atoms with Crippen LogP contribution in [0.5, 0.6) is 0 Å². The zero-order valence-corrected chi connectivity index (χ0v) is 12.1. The predicted molar refractivity (Wildman–Crippen MR) is 78.8 cm³/mol. The highest BCUT2D eigenvalue weighted by molar-refractivity contribution is 5.91. The van der Waals surface area contributed by atoms with Crippen LogP contribution in [0.4, 0.5) is 11.4 Å². The van der Waals surface area contributed by atoms with E-state index in [1.165, 1.54) is 6.07 Å². The quantitative estimate of drug-likeness (QED) is 0.456. The molecule has 0 radical (unpaired) electrons. The van der Waals surface area contributed by atoms with Gasteiger partial charge in [0, 0.05) is 29.8 Å². The van der Waals surface area contributed by atoms with Crippen molar-refractivity contribution in [2.45, 2.75) is 39.7 Å². The summed E-state index contributed by atoms with van der Waals surface area (Å²) < 4.78 is 0. The van der Waals surface area contributed by atoms with E-state index in [2.05, 4.69) is 10.6 Å². The Labute approximate surface area is 118 Å². The van der Waals surface area contributed by atoms with Crippen LogP contribution in [0.3, 0.4) is 0 Å². The van der Waals surface area contributed by atoms with Crippen molar-refractivity contribution in [3.8, 4) is 0 Å². The monoisotopic (exact) mass is 279 g/mol. The normalized spacial score (nSPS) is 10.6. The summed E-state index contributed by atoms with van der Waals surface area (Å²) >= 11 is 0. The number of hydrogen-bond acceptors (Lipinski definition) is 4. The molecule has 0 heterocycles. The molecule has 110 valence electrons. The van der Waals surface area contributed by atoms with Gasteiger partial charge in [-0.2, -0.15) is 0 Å². The first-order chi connectivity index (χ1) is 9.40. The summed E-state index contributed by atoms with van der Waals surface area (Å²) in [5, 5.41) is 16.7. The van der Waals surface area contributed by atoms with Gasteiger partial charge in [0.05, 0.1) is 4.92 Å². The van der Waals surface area contributed by atoms with Gasteiger partial charge >= 0.3 is 0 Å². The average Bonchev–Trinajstić information content (AvgIpc) is 2.36. The first-order valence-electron chi connectivity index (χ1n) is 6.68. The Morgan fingerprint density at radius 2 is 2.10 bits per heavy atom. The summed E-state index contributed by atoms with van der Waals surface area (Å²) in [7, 11) is 0. The molecule has 6 nitrogen and oxygen atoms in total. The van der Waals surface area contributed by atoms with E-state index in [4.69, 9.17) is 0 Å². The molecule has 1 aromatic carbocycles. The summed E-state index contributed by atoms with van der Waals surface area (Å²) in [5.74, 6) is -0.131. The topological polar surface area (TPSA) is 84.3 Å². The van der Waals surface area contributed by atoms with Crippen LogP contribution >= 0.6 is 0 Å². The maximum Gasteiger partial charge on any atom is 0.274 e. The van der Waals surface area contributed by atoms with Crippen molar-refractivity contribution in [2.24, 2.45) is 0 Å². The van der Waals surface area contributed by atoms with Gasteiger partial charge in [0.1, 0.15) is 0 Å². The number of anilines is 1. The van der Waals surface area contributed by atoms with Crippen LogP contribution in [-0.2, 0) is 4.79 Å². The predicted octanol–water partition coefficient (Wildman–Crippen LogP) is 2.62. The van der Waals surface area contributed by atoms with Crippen molar-refractivity contribution >= 4 is 17.3 Å². The highest BCUT2D eigenvalue weighted by atomic mass is 16.6. The Bertz CT molecular complexity index is 487. The molecule has 1 amide bonds. The van der Waals surface area contributed by atoms with Gasteiger partial charge in [0.25, 0.3) is 5.69 Å². The highest BCUT2D eigenvalue weighted by Crippen LogP contribution is 2.22. The number of benzene rings is 1. The largest absolute Gasteiger partial charge is 0.326 e. The molecule has 0 bridgehead atoms. The second-order valence-corrected chi connectivity index (χ2v) is 5.02. The summed E-state index contributed by atoms with van der Waals surface area (Å²) in [6, 6.07) is 5.10. The van der Waals surface area contributed by atoms with Crippen molar-refractivity contribution < 1.29 is 9.72 Å². The summed E-state index contributed by atoms with van der Waals surface area (Å²) in [5.41, 5.74) is 1.06. The molecule has 1 rings (SSSR count).